The van der Waals surface area contributed by atoms with Crippen molar-refractivity contribution in [3.63, 3.8) is 0 Å². The molecule has 1 aromatic carbocycles. The topological polar surface area (TPSA) is 113 Å². The summed E-state index contributed by atoms with van der Waals surface area (Å²) < 4.78 is 2.06. The molecule has 9 nitrogen and oxygen atoms in total. The number of aldehydes is 1. The lowest BCUT2D eigenvalue weighted by Crippen LogP contribution is -2.55. The standard InChI is InChI=1S/C33H49N5O4/c1-25(2)20-30(36-33(42)31-17-13-19-38(31)26(3)40)32(41)35-28(23-39)21-29-22-34-24-37(29)18-12-7-5-4-6-9-14-27-15-10-8-11-16-27/h8,10-11,15-16,22-25,28,30-31H,4-7,9,12-14,17-21H2,1-3H3,(H,35,41)(H,36,42). The Labute approximate surface area is 250 Å². The van der Waals surface area contributed by atoms with Gasteiger partial charge in [-0.1, -0.05) is 69.9 Å². The Kier molecular flexibility index (Phi) is 13.7. The summed E-state index contributed by atoms with van der Waals surface area (Å²) in [5.41, 5.74) is 2.29. The average Bonchev–Trinajstić information content (AvgIpc) is 3.64. The smallest absolute Gasteiger partial charge is 0.243 e. The van der Waals surface area contributed by atoms with Gasteiger partial charge in [0, 0.05) is 38.3 Å². The first-order chi connectivity index (χ1) is 20.3. The SMILES string of the molecule is CC(=O)N1CCCC1C(=O)NC(CC(C)C)C(=O)NC(C=O)Cc1cncn1CCCCCCCCc1ccccc1. The predicted octanol–water partition coefficient (Wildman–Crippen LogP) is 4.23. The van der Waals surface area contributed by atoms with E-state index in [4.69, 9.17) is 0 Å². The first kappa shape index (κ1) is 33.0. The van der Waals surface area contributed by atoms with Gasteiger partial charge in [-0.3, -0.25) is 14.4 Å². The van der Waals surface area contributed by atoms with Crippen molar-refractivity contribution in [1.82, 2.24) is 25.1 Å². The van der Waals surface area contributed by atoms with E-state index < -0.39 is 18.1 Å². The third kappa shape index (κ3) is 10.7. The van der Waals surface area contributed by atoms with E-state index in [1.165, 1.54) is 38.2 Å². The highest BCUT2D eigenvalue weighted by Gasteiger charge is 2.35. The third-order valence-electron chi connectivity index (χ3n) is 7.98. The molecule has 0 aliphatic carbocycles. The summed E-state index contributed by atoms with van der Waals surface area (Å²) in [6, 6.07) is 8.54. The summed E-state index contributed by atoms with van der Waals surface area (Å²) in [7, 11) is 0. The van der Waals surface area contributed by atoms with Crippen molar-refractivity contribution in [3.05, 3.63) is 54.1 Å². The summed E-state index contributed by atoms with van der Waals surface area (Å²) in [6.45, 7) is 6.77. The molecular weight excluding hydrogens is 530 g/mol. The van der Waals surface area contributed by atoms with Crippen molar-refractivity contribution < 1.29 is 19.2 Å². The van der Waals surface area contributed by atoms with Crippen molar-refractivity contribution in [2.75, 3.05) is 6.54 Å². The molecule has 3 rings (SSSR count). The second-order valence-corrected chi connectivity index (χ2v) is 12.0. The van der Waals surface area contributed by atoms with E-state index in [1.54, 1.807) is 17.4 Å². The number of rotatable bonds is 18. The maximum Gasteiger partial charge on any atom is 0.243 e. The lowest BCUT2D eigenvalue weighted by atomic mass is 10.0. The molecule has 42 heavy (non-hydrogen) atoms. The van der Waals surface area contributed by atoms with Gasteiger partial charge in [-0.15, -0.1) is 0 Å². The van der Waals surface area contributed by atoms with Crippen LogP contribution in [-0.4, -0.2) is 63.1 Å². The number of benzene rings is 1. The number of nitrogens with one attached hydrogen (secondary N) is 2. The van der Waals surface area contributed by atoms with Gasteiger partial charge >= 0.3 is 0 Å². The van der Waals surface area contributed by atoms with Crippen LogP contribution in [0.5, 0.6) is 0 Å². The molecule has 2 N–H and O–H groups in total. The Morgan fingerprint density at radius 3 is 2.43 bits per heavy atom. The van der Waals surface area contributed by atoms with Crippen LogP contribution in [0, 0.1) is 5.92 Å². The van der Waals surface area contributed by atoms with Gasteiger partial charge in [-0.05, 0) is 50.0 Å². The minimum absolute atomic E-state index is 0.144. The Hall–Kier alpha value is -3.49. The van der Waals surface area contributed by atoms with Crippen LogP contribution in [-0.2, 0) is 38.6 Å². The number of unbranched alkanes of at least 4 members (excludes halogenated alkanes) is 5. The minimum Gasteiger partial charge on any atom is -0.344 e. The summed E-state index contributed by atoms with van der Waals surface area (Å²) in [6.07, 6.45) is 14.5. The molecule has 1 aromatic heterocycles. The number of aromatic nitrogens is 2. The van der Waals surface area contributed by atoms with E-state index in [9.17, 15) is 19.2 Å². The molecule has 1 saturated heterocycles. The number of hydrogen-bond acceptors (Lipinski definition) is 5. The van der Waals surface area contributed by atoms with Gasteiger partial charge in [-0.25, -0.2) is 4.98 Å². The third-order valence-corrected chi connectivity index (χ3v) is 7.98. The maximum atomic E-state index is 13.2. The highest BCUT2D eigenvalue weighted by molar-refractivity contribution is 5.92. The molecule has 3 atom stereocenters. The Morgan fingerprint density at radius 1 is 1.02 bits per heavy atom. The van der Waals surface area contributed by atoms with Crippen LogP contribution in [0.2, 0.25) is 0 Å². The minimum atomic E-state index is -0.785. The molecule has 0 spiro atoms. The Morgan fingerprint density at radius 2 is 1.74 bits per heavy atom. The largest absolute Gasteiger partial charge is 0.344 e. The number of aryl methyl sites for hydroxylation is 2. The highest BCUT2D eigenvalue weighted by Crippen LogP contribution is 2.18. The van der Waals surface area contributed by atoms with E-state index in [1.807, 2.05) is 13.8 Å². The molecule has 3 amide bonds. The molecule has 0 bridgehead atoms. The van der Waals surface area contributed by atoms with Crippen LogP contribution in [0.4, 0.5) is 0 Å². The summed E-state index contributed by atoms with van der Waals surface area (Å²) in [5, 5.41) is 5.69. The number of amides is 3. The molecule has 2 heterocycles. The maximum absolute atomic E-state index is 13.2. The van der Waals surface area contributed by atoms with Crippen molar-refractivity contribution in [2.45, 2.75) is 116 Å². The van der Waals surface area contributed by atoms with E-state index in [-0.39, 0.29) is 23.6 Å². The number of nitrogens with zero attached hydrogens (tertiary/aromatic N) is 3. The van der Waals surface area contributed by atoms with E-state index >= 15 is 0 Å². The van der Waals surface area contributed by atoms with Crippen LogP contribution in [0.3, 0.4) is 0 Å². The quantitative estimate of drug-likeness (QED) is 0.203. The monoisotopic (exact) mass is 579 g/mol. The number of carbonyl (C=O) groups is 4. The number of imidazole rings is 1. The zero-order chi connectivity index (χ0) is 30.3. The van der Waals surface area contributed by atoms with Crippen molar-refractivity contribution >= 4 is 24.0 Å². The predicted molar refractivity (Wildman–Crippen MR) is 164 cm³/mol. The van der Waals surface area contributed by atoms with Gasteiger partial charge in [0.1, 0.15) is 18.4 Å². The molecule has 0 saturated carbocycles. The lowest BCUT2D eigenvalue weighted by molar-refractivity contribution is -0.138. The van der Waals surface area contributed by atoms with Crippen LogP contribution < -0.4 is 10.6 Å². The Bertz CT molecular complexity index is 1130. The van der Waals surface area contributed by atoms with E-state index in [2.05, 4.69) is 50.5 Å². The second kappa shape index (κ2) is 17.5. The van der Waals surface area contributed by atoms with Crippen molar-refractivity contribution in [2.24, 2.45) is 5.92 Å². The zero-order valence-corrected chi connectivity index (χ0v) is 25.6. The number of hydrogen-bond donors (Lipinski definition) is 2. The molecule has 1 aliphatic rings. The second-order valence-electron chi connectivity index (χ2n) is 12.0. The first-order valence-electron chi connectivity index (χ1n) is 15.6. The zero-order valence-electron chi connectivity index (χ0n) is 25.6. The molecule has 3 unspecified atom stereocenters. The molecule has 1 aliphatic heterocycles. The summed E-state index contributed by atoms with van der Waals surface area (Å²) in [4.78, 5) is 56.0. The lowest BCUT2D eigenvalue weighted by Gasteiger charge is -2.27. The van der Waals surface area contributed by atoms with E-state index in [0.29, 0.717) is 25.8 Å². The van der Waals surface area contributed by atoms with Gasteiger partial charge in [0.2, 0.25) is 17.7 Å². The molecule has 230 valence electrons. The summed E-state index contributed by atoms with van der Waals surface area (Å²) in [5.74, 6) is -0.706. The van der Waals surface area contributed by atoms with Gasteiger partial charge in [0.05, 0.1) is 12.4 Å². The Balaban J connectivity index is 1.43. The van der Waals surface area contributed by atoms with Crippen LogP contribution >= 0.6 is 0 Å². The van der Waals surface area contributed by atoms with Gasteiger partial charge in [-0.2, -0.15) is 0 Å². The molecular formula is C33H49N5O4. The fourth-order valence-corrected chi connectivity index (χ4v) is 5.71. The number of likely N-dealkylation sites (tertiary alicyclic amines) is 1. The normalized spacial score (nSPS) is 16.3. The van der Waals surface area contributed by atoms with Crippen LogP contribution in [0.25, 0.3) is 0 Å². The van der Waals surface area contributed by atoms with Crippen molar-refractivity contribution in [1.29, 1.82) is 0 Å². The van der Waals surface area contributed by atoms with Gasteiger partial charge in [0.25, 0.3) is 0 Å². The first-order valence-corrected chi connectivity index (χ1v) is 15.6. The van der Waals surface area contributed by atoms with Crippen LogP contribution in [0.1, 0.15) is 89.8 Å². The van der Waals surface area contributed by atoms with Gasteiger partial charge < -0.3 is 24.9 Å². The fraction of sp³-hybridized carbons (Fsp3) is 0.606. The van der Waals surface area contributed by atoms with Crippen molar-refractivity contribution in [3.8, 4) is 0 Å². The molecule has 2 aromatic rings. The molecule has 9 heteroatoms. The highest BCUT2D eigenvalue weighted by atomic mass is 16.2. The fourth-order valence-electron chi connectivity index (χ4n) is 5.71. The summed E-state index contributed by atoms with van der Waals surface area (Å²) >= 11 is 0. The van der Waals surface area contributed by atoms with Gasteiger partial charge in [0.15, 0.2) is 0 Å². The molecule has 1 fully saturated rings. The average molecular weight is 580 g/mol. The molecule has 0 radical (unpaired) electrons. The number of carbonyl (C=O) groups excluding carboxylic acids is 4. The van der Waals surface area contributed by atoms with E-state index in [0.717, 1.165) is 44.2 Å². The van der Waals surface area contributed by atoms with Crippen LogP contribution in [0.15, 0.2) is 42.9 Å².